The van der Waals surface area contributed by atoms with E-state index in [1.165, 1.54) is 6.26 Å². The molecule has 2 N–H and O–H groups in total. The molecule has 4 rings (SSSR count). The first-order valence-corrected chi connectivity index (χ1v) is 18.2. The van der Waals surface area contributed by atoms with Crippen LogP contribution in [0.1, 0.15) is 34.3 Å². The lowest BCUT2D eigenvalue weighted by Crippen LogP contribution is -2.42. The number of sulfone groups is 2. The summed E-state index contributed by atoms with van der Waals surface area (Å²) >= 11 is 0. The third-order valence-corrected chi connectivity index (χ3v) is 10.3. The topological polar surface area (TPSA) is 147 Å². The van der Waals surface area contributed by atoms with Gasteiger partial charge < -0.3 is 15.2 Å². The van der Waals surface area contributed by atoms with Crippen LogP contribution in [0.15, 0.2) is 72.8 Å². The molecule has 3 aromatic rings. The number of carbonyl (C=O) groups excluding carboxylic acids is 1. The maximum absolute atomic E-state index is 13.5. The van der Waals surface area contributed by atoms with Gasteiger partial charge in [0, 0.05) is 37.2 Å². The lowest BCUT2D eigenvalue weighted by molar-refractivity contribution is -0.139. The van der Waals surface area contributed by atoms with Crippen molar-refractivity contribution in [1.29, 1.82) is 0 Å². The number of aryl methyl sites for hydroxylation is 1. The molecule has 1 aliphatic rings. The molecular formula is C32H38N2O8S2. The fraction of sp³-hybridized carbons (Fsp3) is 0.375. The first-order valence-electron chi connectivity index (χ1n) is 14.2. The Kier molecular flexibility index (Phi) is 10.5. The number of hydrogen-bond donors (Lipinski definition) is 2. The van der Waals surface area contributed by atoms with Crippen LogP contribution in [0.25, 0.3) is 11.1 Å². The molecule has 1 heterocycles. The van der Waals surface area contributed by atoms with Gasteiger partial charge in [0.15, 0.2) is 9.84 Å². The standard InChI is InChI=1S/C32H38N2O8S2/c1-22-9-7-8-12-27(22)29-17-23(13-14-28(29)31(35)33-30(32(36)37)15-16-43(2,38)39)19-34-20-26(44(3,40)41)18-24(34)21-42-25-10-5-4-6-11-25/h4-14,17,24,26,30H,15-16,18-21H2,1-3H3,(H,33,35)(H,36,37)/t24-,26+,30+/m1/s1. The van der Waals surface area contributed by atoms with E-state index in [0.717, 1.165) is 22.9 Å². The van der Waals surface area contributed by atoms with E-state index >= 15 is 0 Å². The van der Waals surface area contributed by atoms with Gasteiger partial charge in [-0.2, -0.15) is 0 Å². The summed E-state index contributed by atoms with van der Waals surface area (Å²) in [7, 11) is -6.72. The number of carboxylic acids is 1. The second kappa shape index (κ2) is 13.9. The highest BCUT2D eigenvalue weighted by molar-refractivity contribution is 7.91. The number of aliphatic carboxylic acids is 1. The maximum Gasteiger partial charge on any atom is 0.326 e. The minimum atomic E-state index is -3.43. The van der Waals surface area contributed by atoms with Gasteiger partial charge in [0.1, 0.15) is 28.2 Å². The molecular weight excluding hydrogens is 604 g/mol. The molecule has 12 heteroatoms. The van der Waals surface area contributed by atoms with E-state index in [9.17, 15) is 31.5 Å². The second-order valence-electron chi connectivity index (χ2n) is 11.4. The third-order valence-electron chi connectivity index (χ3n) is 7.81. The number of nitrogens with one attached hydrogen (secondary N) is 1. The van der Waals surface area contributed by atoms with Gasteiger partial charge in [0.2, 0.25) is 0 Å². The summed E-state index contributed by atoms with van der Waals surface area (Å²) in [5, 5.41) is 11.6. The first kappa shape index (κ1) is 33.2. The molecule has 3 aromatic carbocycles. The molecule has 236 valence electrons. The van der Waals surface area contributed by atoms with Gasteiger partial charge in [-0.3, -0.25) is 9.69 Å². The van der Waals surface area contributed by atoms with Crippen molar-refractivity contribution < 1.29 is 36.3 Å². The van der Waals surface area contributed by atoms with Gasteiger partial charge in [-0.15, -0.1) is 0 Å². The normalized spacial score (nSPS) is 18.1. The van der Waals surface area contributed by atoms with Gasteiger partial charge in [0.05, 0.1) is 11.0 Å². The lowest BCUT2D eigenvalue weighted by atomic mass is 9.93. The predicted octanol–water partition coefficient (Wildman–Crippen LogP) is 3.35. The molecule has 3 atom stereocenters. The molecule has 0 aliphatic carbocycles. The summed E-state index contributed by atoms with van der Waals surface area (Å²) in [5.74, 6) is -1.64. The average Bonchev–Trinajstić information content (AvgIpc) is 3.37. The number of ether oxygens (including phenoxy) is 1. The number of nitrogens with zero attached hydrogens (tertiary/aromatic N) is 1. The number of amides is 1. The largest absolute Gasteiger partial charge is 0.492 e. The van der Waals surface area contributed by atoms with E-state index in [4.69, 9.17) is 4.74 Å². The number of likely N-dealkylation sites (tertiary alicyclic amines) is 1. The number of carbonyl (C=O) groups is 2. The number of carboxylic acid groups (broad SMARTS) is 1. The smallest absolute Gasteiger partial charge is 0.326 e. The first-order chi connectivity index (χ1) is 20.7. The molecule has 1 fully saturated rings. The highest BCUT2D eigenvalue weighted by atomic mass is 32.2. The van der Waals surface area contributed by atoms with Crippen LogP contribution < -0.4 is 10.1 Å². The minimum Gasteiger partial charge on any atom is -0.492 e. The van der Waals surface area contributed by atoms with Gasteiger partial charge in [-0.05, 0) is 66.3 Å². The van der Waals surface area contributed by atoms with Crippen molar-refractivity contribution >= 4 is 31.6 Å². The summed E-state index contributed by atoms with van der Waals surface area (Å²) in [6.07, 6.45) is 2.43. The molecule has 1 aliphatic heterocycles. The third kappa shape index (κ3) is 8.90. The van der Waals surface area contributed by atoms with Crippen molar-refractivity contribution in [2.24, 2.45) is 0 Å². The molecule has 1 amide bonds. The highest BCUT2D eigenvalue weighted by Gasteiger charge is 2.38. The van der Waals surface area contributed by atoms with Crippen molar-refractivity contribution in [3.63, 3.8) is 0 Å². The molecule has 0 saturated carbocycles. The summed E-state index contributed by atoms with van der Waals surface area (Å²) < 4.78 is 54.3. The van der Waals surface area contributed by atoms with Crippen molar-refractivity contribution in [3.05, 3.63) is 89.5 Å². The van der Waals surface area contributed by atoms with E-state index in [-0.39, 0.29) is 23.8 Å². The molecule has 0 radical (unpaired) electrons. The van der Waals surface area contributed by atoms with Crippen LogP contribution in [0.4, 0.5) is 0 Å². The Hall–Kier alpha value is -3.74. The SMILES string of the molecule is Cc1ccccc1-c1cc(CN2C[C@@H](S(C)(=O)=O)C[C@@H]2COc2ccccc2)ccc1C(=O)N[C@@H](CCS(C)(=O)=O)C(=O)O. The predicted molar refractivity (Wildman–Crippen MR) is 169 cm³/mol. The van der Waals surface area contributed by atoms with Crippen LogP contribution in [0.5, 0.6) is 5.75 Å². The Morgan fingerprint density at radius 3 is 2.30 bits per heavy atom. The zero-order valence-electron chi connectivity index (χ0n) is 25.0. The van der Waals surface area contributed by atoms with Crippen molar-refractivity contribution in [2.75, 3.05) is 31.4 Å². The van der Waals surface area contributed by atoms with E-state index in [1.807, 2.05) is 67.6 Å². The molecule has 0 spiro atoms. The Morgan fingerprint density at radius 1 is 0.977 bits per heavy atom. The van der Waals surface area contributed by atoms with Crippen molar-refractivity contribution in [2.45, 2.75) is 43.6 Å². The van der Waals surface area contributed by atoms with E-state index in [0.29, 0.717) is 37.4 Å². The molecule has 1 saturated heterocycles. The van der Waals surface area contributed by atoms with Crippen LogP contribution in [-0.2, 0) is 31.0 Å². The van der Waals surface area contributed by atoms with Crippen molar-refractivity contribution in [1.82, 2.24) is 10.2 Å². The quantitative estimate of drug-likeness (QED) is 0.287. The number of para-hydroxylation sites is 1. The Morgan fingerprint density at radius 2 is 1.66 bits per heavy atom. The Labute approximate surface area is 258 Å². The number of rotatable bonds is 13. The van der Waals surface area contributed by atoms with Crippen molar-refractivity contribution in [3.8, 4) is 16.9 Å². The molecule has 10 nitrogen and oxygen atoms in total. The molecule has 0 unspecified atom stereocenters. The van der Waals surface area contributed by atoms with Crippen LogP contribution in [0.3, 0.4) is 0 Å². The average molecular weight is 643 g/mol. The van der Waals surface area contributed by atoms with Gasteiger partial charge in [0.25, 0.3) is 5.91 Å². The maximum atomic E-state index is 13.5. The second-order valence-corrected chi connectivity index (χ2v) is 16.0. The fourth-order valence-corrected chi connectivity index (χ4v) is 7.07. The van der Waals surface area contributed by atoms with Crippen LogP contribution in [-0.4, -0.2) is 87.5 Å². The van der Waals surface area contributed by atoms with Gasteiger partial charge in [-0.25, -0.2) is 21.6 Å². The Bertz CT molecular complexity index is 1710. The monoisotopic (exact) mass is 642 g/mol. The highest BCUT2D eigenvalue weighted by Crippen LogP contribution is 2.31. The van der Waals surface area contributed by atoms with Gasteiger partial charge >= 0.3 is 5.97 Å². The van der Waals surface area contributed by atoms with Gasteiger partial charge in [-0.1, -0.05) is 48.5 Å². The number of benzene rings is 3. The number of hydrogen-bond acceptors (Lipinski definition) is 8. The zero-order chi connectivity index (χ0) is 32.1. The molecule has 0 aromatic heterocycles. The van der Waals surface area contributed by atoms with Crippen LogP contribution in [0, 0.1) is 6.92 Å². The Balaban J connectivity index is 1.63. The fourth-order valence-electron chi connectivity index (χ4n) is 5.37. The summed E-state index contributed by atoms with van der Waals surface area (Å²) in [6, 6.07) is 20.5. The summed E-state index contributed by atoms with van der Waals surface area (Å²) in [4.78, 5) is 27.4. The minimum absolute atomic E-state index is 0.161. The van der Waals surface area contributed by atoms with Crippen LogP contribution >= 0.6 is 0 Å². The summed E-state index contributed by atoms with van der Waals surface area (Å²) in [6.45, 7) is 2.96. The zero-order valence-corrected chi connectivity index (χ0v) is 26.6. The summed E-state index contributed by atoms with van der Waals surface area (Å²) in [5.41, 5.74) is 3.35. The molecule has 44 heavy (non-hydrogen) atoms. The molecule has 0 bridgehead atoms. The van der Waals surface area contributed by atoms with E-state index in [2.05, 4.69) is 10.2 Å². The van der Waals surface area contributed by atoms with E-state index in [1.54, 1.807) is 12.1 Å². The van der Waals surface area contributed by atoms with Crippen LogP contribution in [0.2, 0.25) is 0 Å². The van der Waals surface area contributed by atoms with E-state index < -0.39 is 42.8 Å². The lowest BCUT2D eigenvalue weighted by Gasteiger charge is -2.25.